The maximum Gasteiger partial charge on any atom is 0.515 e. The molecule has 34 heavy (non-hydrogen) atoms. The number of benzene rings is 2. The molecule has 0 spiro atoms. The highest BCUT2D eigenvalue weighted by atomic mass is 35.5. The summed E-state index contributed by atoms with van der Waals surface area (Å²) >= 11 is 5.99. The minimum Gasteiger partial charge on any atom is -0.457 e. The van der Waals surface area contributed by atoms with Crippen LogP contribution in [-0.2, 0) is 16.1 Å². The number of H-pyrrole nitrogens is 1. The molecule has 4 rings (SSSR count). The van der Waals surface area contributed by atoms with Crippen molar-refractivity contribution in [2.75, 3.05) is 7.11 Å². The summed E-state index contributed by atoms with van der Waals surface area (Å²) in [5.74, 6) is 0.892. The zero-order valence-corrected chi connectivity index (χ0v) is 19.2. The maximum absolute atomic E-state index is 12.1. The summed E-state index contributed by atoms with van der Waals surface area (Å²) in [6.07, 6.45) is 0.351. The number of carbonyl (C=O) groups excluding carboxylic acids is 1. The molecule has 0 saturated heterocycles. The van der Waals surface area contributed by atoms with E-state index in [4.69, 9.17) is 30.5 Å². The fourth-order valence-electron chi connectivity index (χ4n) is 3.48. The Balaban J connectivity index is 1.75. The molecule has 0 atom stereocenters. The van der Waals surface area contributed by atoms with Crippen LogP contribution in [0.25, 0.3) is 21.8 Å². The van der Waals surface area contributed by atoms with Gasteiger partial charge in [-0.25, -0.2) is 9.78 Å². The van der Waals surface area contributed by atoms with Gasteiger partial charge in [0.1, 0.15) is 16.5 Å². The van der Waals surface area contributed by atoms with Crippen molar-refractivity contribution < 1.29 is 28.7 Å². The Bertz CT molecular complexity index is 1400. The van der Waals surface area contributed by atoms with Crippen LogP contribution in [0.15, 0.2) is 42.6 Å². The number of methoxy groups -OCH3 is 1. The van der Waals surface area contributed by atoms with Crippen LogP contribution in [0.1, 0.15) is 19.4 Å². The van der Waals surface area contributed by atoms with E-state index in [1.807, 2.05) is 6.07 Å². The van der Waals surface area contributed by atoms with Gasteiger partial charge in [-0.2, -0.15) is 0 Å². The first-order valence-corrected chi connectivity index (χ1v) is 10.6. The van der Waals surface area contributed by atoms with Crippen molar-refractivity contribution in [1.29, 1.82) is 0 Å². The molecule has 0 radical (unpaired) electrons. The van der Waals surface area contributed by atoms with Crippen molar-refractivity contribution in [3.05, 3.63) is 63.3 Å². The number of nitrogens with one attached hydrogen (secondary N) is 1. The van der Waals surface area contributed by atoms with E-state index in [9.17, 15) is 14.9 Å². The lowest BCUT2D eigenvalue weighted by Gasteiger charge is -2.12. The Hall–Kier alpha value is -3.89. The van der Waals surface area contributed by atoms with E-state index in [0.717, 1.165) is 16.3 Å². The number of ether oxygens (including phenoxy) is 4. The number of fused-ring (bicyclic) bond motifs is 3. The van der Waals surface area contributed by atoms with Gasteiger partial charge in [0.15, 0.2) is 0 Å². The number of nitro groups is 1. The fourth-order valence-corrected chi connectivity index (χ4v) is 3.72. The lowest BCUT2D eigenvalue weighted by atomic mass is 10.1. The Labute approximate surface area is 198 Å². The van der Waals surface area contributed by atoms with Gasteiger partial charge in [-0.1, -0.05) is 11.6 Å². The number of nitrogens with zero attached hydrogens (tertiary/aromatic N) is 2. The summed E-state index contributed by atoms with van der Waals surface area (Å²) in [5, 5.41) is 12.5. The highest BCUT2D eigenvalue weighted by Gasteiger charge is 2.20. The molecule has 0 fully saturated rings. The van der Waals surface area contributed by atoms with Crippen molar-refractivity contribution in [2.45, 2.75) is 26.6 Å². The Morgan fingerprint density at radius 1 is 1.18 bits per heavy atom. The first-order valence-electron chi connectivity index (χ1n) is 10.2. The largest absolute Gasteiger partial charge is 0.515 e. The van der Waals surface area contributed by atoms with Gasteiger partial charge in [0.05, 0.1) is 34.9 Å². The van der Waals surface area contributed by atoms with Gasteiger partial charge in [-0.05, 0) is 38.1 Å². The molecule has 2 aromatic carbocycles. The second kappa shape index (κ2) is 9.54. The van der Waals surface area contributed by atoms with Crippen LogP contribution in [-0.4, -0.2) is 34.3 Å². The molecule has 1 N–H and O–H groups in total. The maximum atomic E-state index is 12.1. The average Bonchev–Trinajstić information content (AvgIpc) is 3.13. The van der Waals surface area contributed by atoms with Gasteiger partial charge < -0.3 is 23.9 Å². The van der Waals surface area contributed by atoms with Gasteiger partial charge in [0, 0.05) is 35.5 Å². The molecule has 4 aromatic rings. The molecular formula is C23H20ClN3O7. The summed E-state index contributed by atoms with van der Waals surface area (Å²) in [5.41, 5.74) is 1.86. The molecule has 0 bridgehead atoms. The van der Waals surface area contributed by atoms with E-state index in [2.05, 4.69) is 9.97 Å². The monoisotopic (exact) mass is 485 g/mol. The molecule has 0 unspecified atom stereocenters. The van der Waals surface area contributed by atoms with Crippen LogP contribution in [0, 0.1) is 10.1 Å². The number of hydrogen-bond acceptors (Lipinski definition) is 8. The molecule has 10 nitrogen and oxygen atoms in total. The molecule has 0 aliphatic rings. The van der Waals surface area contributed by atoms with Gasteiger partial charge >= 0.3 is 6.16 Å². The SMILES string of the molecule is COCc1c(OC(=O)OC(C)C)ncc2[nH]c3ccc(Oc4ccc([N+](=O)[O-])c(Cl)c4)cc3c12. The van der Waals surface area contributed by atoms with Crippen molar-refractivity contribution in [3.63, 3.8) is 0 Å². The number of rotatable bonds is 7. The number of carbonyl (C=O) groups is 1. The topological polar surface area (TPSA) is 126 Å². The minimum atomic E-state index is -0.863. The van der Waals surface area contributed by atoms with Crippen LogP contribution >= 0.6 is 11.6 Å². The molecule has 0 amide bonds. The van der Waals surface area contributed by atoms with E-state index in [-0.39, 0.29) is 29.3 Å². The summed E-state index contributed by atoms with van der Waals surface area (Å²) in [7, 11) is 1.52. The molecule has 0 aliphatic heterocycles. The summed E-state index contributed by atoms with van der Waals surface area (Å²) in [4.78, 5) is 30.0. The summed E-state index contributed by atoms with van der Waals surface area (Å²) in [6.45, 7) is 3.56. The van der Waals surface area contributed by atoms with E-state index < -0.39 is 11.1 Å². The van der Waals surface area contributed by atoms with E-state index >= 15 is 0 Å². The fraction of sp³-hybridized carbons (Fsp3) is 0.217. The van der Waals surface area contributed by atoms with Gasteiger partial charge in [-0.3, -0.25) is 10.1 Å². The smallest absolute Gasteiger partial charge is 0.457 e. The number of aromatic amines is 1. The average molecular weight is 486 g/mol. The predicted octanol–water partition coefficient (Wildman–Crippen LogP) is 6.14. The lowest BCUT2D eigenvalue weighted by Crippen LogP contribution is -2.17. The van der Waals surface area contributed by atoms with Gasteiger partial charge in [0.2, 0.25) is 5.88 Å². The van der Waals surface area contributed by atoms with Crippen LogP contribution < -0.4 is 9.47 Å². The molecule has 0 aliphatic carbocycles. The molecule has 2 aromatic heterocycles. The first-order chi connectivity index (χ1) is 16.3. The zero-order valence-electron chi connectivity index (χ0n) is 18.5. The Kier molecular flexibility index (Phi) is 6.53. The van der Waals surface area contributed by atoms with Crippen LogP contribution in [0.2, 0.25) is 5.02 Å². The third-order valence-corrected chi connectivity index (χ3v) is 5.12. The molecule has 176 valence electrons. The second-order valence-electron chi connectivity index (χ2n) is 7.59. The summed E-state index contributed by atoms with van der Waals surface area (Å²) < 4.78 is 21.6. The van der Waals surface area contributed by atoms with Crippen LogP contribution in [0.3, 0.4) is 0 Å². The van der Waals surface area contributed by atoms with Gasteiger partial charge in [0.25, 0.3) is 5.69 Å². The second-order valence-corrected chi connectivity index (χ2v) is 7.99. The van der Waals surface area contributed by atoms with Crippen molar-refractivity contribution >= 4 is 45.2 Å². The number of hydrogen-bond donors (Lipinski definition) is 1. The van der Waals surface area contributed by atoms with E-state index in [0.29, 0.717) is 22.6 Å². The number of pyridine rings is 1. The third kappa shape index (κ3) is 4.73. The lowest BCUT2D eigenvalue weighted by molar-refractivity contribution is -0.384. The standard InChI is InChI=1S/C23H20ClN3O7/c1-12(2)32-23(28)34-22-16(11-31-3)21-15-8-13(4-6-18(15)26-19(21)10-25-22)33-14-5-7-20(27(29)30)17(24)9-14/h4-10,12,26H,11H2,1-3H3. The van der Waals surface area contributed by atoms with Crippen molar-refractivity contribution in [3.8, 4) is 17.4 Å². The highest BCUT2D eigenvalue weighted by molar-refractivity contribution is 6.32. The number of aromatic nitrogens is 2. The third-order valence-electron chi connectivity index (χ3n) is 4.82. The Morgan fingerprint density at radius 2 is 1.91 bits per heavy atom. The molecule has 11 heteroatoms. The quantitative estimate of drug-likeness (QED) is 0.188. The molecular weight excluding hydrogens is 466 g/mol. The van der Waals surface area contributed by atoms with E-state index in [1.165, 1.54) is 25.3 Å². The zero-order chi connectivity index (χ0) is 24.4. The highest BCUT2D eigenvalue weighted by Crippen LogP contribution is 2.37. The summed E-state index contributed by atoms with van der Waals surface area (Å²) in [6, 6.07) is 9.49. The molecule has 2 heterocycles. The van der Waals surface area contributed by atoms with Crippen molar-refractivity contribution in [1.82, 2.24) is 9.97 Å². The predicted molar refractivity (Wildman–Crippen MR) is 125 cm³/mol. The Morgan fingerprint density at radius 3 is 2.59 bits per heavy atom. The minimum absolute atomic E-state index is 0.0285. The van der Waals surface area contributed by atoms with Crippen molar-refractivity contribution in [2.24, 2.45) is 0 Å². The van der Waals surface area contributed by atoms with Crippen LogP contribution in [0.5, 0.6) is 17.4 Å². The molecule has 0 saturated carbocycles. The van der Waals surface area contributed by atoms with E-state index in [1.54, 1.807) is 32.2 Å². The van der Waals surface area contributed by atoms with Gasteiger partial charge in [-0.15, -0.1) is 0 Å². The number of nitro benzene ring substituents is 1. The first kappa shape index (κ1) is 23.3. The normalized spacial score (nSPS) is 11.2. The number of halogens is 1. The van der Waals surface area contributed by atoms with Crippen LogP contribution in [0.4, 0.5) is 10.5 Å².